The molecule has 0 heterocycles. The summed E-state index contributed by atoms with van der Waals surface area (Å²) in [5, 5.41) is 3.52. The Labute approximate surface area is 104 Å². The van der Waals surface area contributed by atoms with Crippen LogP contribution in [0.4, 0.5) is 0 Å². The molecule has 0 aromatic heterocycles. The Morgan fingerprint density at radius 2 is 2.06 bits per heavy atom. The van der Waals surface area contributed by atoms with Crippen molar-refractivity contribution in [3.8, 4) is 5.75 Å². The first kappa shape index (κ1) is 12.4. The minimum atomic E-state index is 0.529. The van der Waals surface area contributed by atoms with Crippen molar-refractivity contribution in [1.29, 1.82) is 0 Å². The molecule has 0 spiro atoms. The fourth-order valence-electron chi connectivity index (χ4n) is 2.11. The first-order valence-corrected chi connectivity index (χ1v) is 6.64. The molecule has 0 aliphatic heterocycles. The second kappa shape index (κ2) is 5.54. The van der Waals surface area contributed by atoms with Gasteiger partial charge in [-0.15, -0.1) is 0 Å². The fraction of sp³-hybridized carbons (Fsp3) is 0.600. The van der Waals surface area contributed by atoms with Crippen LogP contribution >= 0.6 is 0 Å². The average molecular weight is 233 g/mol. The maximum absolute atomic E-state index is 5.90. The Morgan fingerprint density at radius 3 is 2.65 bits per heavy atom. The van der Waals surface area contributed by atoms with Crippen molar-refractivity contribution in [1.82, 2.24) is 5.32 Å². The van der Waals surface area contributed by atoms with Crippen molar-refractivity contribution in [3.05, 3.63) is 29.3 Å². The Morgan fingerprint density at radius 1 is 1.29 bits per heavy atom. The molecule has 1 aliphatic rings. The van der Waals surface area contributed by atoms with Gasteiger partial charge in [0, 0.05) is 6.04 Å². The second-order valence-corrected chi connectivity index (χ2v) is 5.06. The second-order valence-electron chi connectivity index (χ2n) is 5.06. The SMILES string of the molecule is CCNC(COc1ccc(C)c(C)c1)C1CC1. The molecule has 0 saturated heterocycles. The van der Waals surface area contributed by atoms with Gasteiger partial charge in [-0.25, -0.2) is 0 Å². The normalized spacial score (nSPS) is 16.9. The fourth-order valence-corrected chi connectivity index (χ4v) is 2.11. The van der Waals surface area contributed by atoms with Gasteiger partial charge in [0.25, 0.3) is 0 Å². The molecule has 1 aliphatic carbocycles. The standard InChI is InChI=1S/C15H23NO/c1-4-16-15(13-6-7-13)10-17-14-8-5-11(2)12(3)9-14/h5,8-9,13,15-16H,4,6-7,10H2,1-3H3. The molecular formula is C15H23NO. The minimum absolute atomic E-state index is 0.529. The molecule has 1 aromatic rings. The molecule has 1 atom stereocenters. The van der Waals surface area contributed by atoms with Crippen molar-refractivity contribution in [3.63, 3.8) is 0 Å². The quantitative estimate of drug-likeness (QED) is 0.815. The number of rotatable bonds is 6. The monoisotopic (exact) mass is 233 g/mol. The van der Waals surface area contributed by atoms with E-state index in [0.29, 0.717) is 6.04 Å². The highest BCUT2D eigenvalue weighted by Gasteiger charge is 2.30. The molecular weight excluding hydrogens is 210 g/mol. The van der Waals surface area contributed by atoms with E-state index in [1.54, 1.807) is 0 Å². The van der Waals surface area contributed by atoms with E-state index in [0.717, 1.165) is 24.8 Å². The lowest BCUT2D eigenvalue weighted by Gasteiger charge is -2.18. The lowest BCUT2D eigenvalue weighted by atomic mass is 10.1. The first-order valence-electron chi connectivity index (χ1n) is 6.64. The van der Waals surface area contributed by atoms with Crippen LogP contribution in [-0.2, 0) is 0 Å². The highest BCUT2D eigenvalue weighted by Crippen LogP contribution is 2.33. The van der Waals surface area contributed by atoms with Gasteiger partial charge < -0.3 is 10.1 Å². The van der Waals surface area contributed by atoms with Crippen LogP contribution in [0.15, 0.2) is 18.2 Å². The zero-order valence-corrected chi connectivity index (χ0v) is 11.1. The highest BCUT2D eigenvalue weighted by molar-refractivity contribution is 5.33. The van der Waals surface area contributed by atoms with Crippen LogP contribution in [0.5, 0.6) is 5.75 Å². The van der Waals surface area contributed by atoms with Gasteiger partial charge >= 0.3 is 0 Å². The molecule has 1 N–H and O–H groups in total. The van der Waals surface area contributed by atoms with Crippen molar-refractivity contribution >= 4 is 0 Å². The zero-order valence-electron chi connectivity index (χ0n) is 11.1. The van der Waals surface area contributed by atoms with E-state index in [-0.39, 0.29) is 0 Å². The van der Waals surface area contributed by atoms with Crippen molar-refractivity contribution in [2.45, 2.75) is 39.7 Å². The summed E-state index contributed by atoms with van der Waals surface area (Å²) in [6.07, 6.45) is 2.71. The number of ether oxygens (including phenoxy) is 1. The molecule has 0 radical (unpaired) electrons. The maximum atomic E-state index is 5.90. The number of aryl methyl sites for hydroxylation is 2. The maximum Gasteiger partial charge on any atom is 0.119 e. The average Bonchev–Trinajstić information content (AvgIpc) is 3.13. The minimum Gasteiger partial charge on any atom is -0.492 e. The van der Waals surface area contributed by atoms with Crippen molar-refractivity contribution < 1.29 is 4.74 Å². The molecule has 1 fully saturated rings. The molecule has 0 bridgehead atoms. The van der Waals surface area contributed by atoms with Gasteiger partial charge in [0.15, 0.2) is 0 Å². The predicted octanol–water partition coefficient (Wildman–Crippen LogP) is 3.07. The summed E-state index contributed by atoms with van der Waals surface area (Å²) in [6, 6.07) is 6.86. The summed E-state index contributed by atoms with van der Waals surface area (Å²) in [6.45, 7) is 8.24. The number of nitrogens with one attached hydrogen (secondary N) is 1. The van der Waals surface area contributed by atoms with Crippen LogP contribution in [-0.4, -0.2) is 19.2 Å². The van der Waals surface area contributed by atoms with Gasteiger partial charge in [-0.2, -0.15) is 0 Å². The van der Waals surface area contributed by atoms with Crippen molar-refractivity contribution in [2.24, 2.45) is 5.92 Å². The van der Waals surface area contributed by atoms with Crippen LogP contribution in [0.25, 0.3) is 0 Å². The molecule has 1 aromatic carbocycles. The molecule has 2 nitrogen and oxygen atoms in total. The molecule has 2 rings (SSSR count). The molecule has 17 heavy (non-hydrogen) atoms. The summed E-state index contributed by atoms with van der Waals surface area (Å²) in [5.41, 5.74) is 2.62. The lowest BCUT2D eigenvalue weighted by molar-refractivity contribution is 0.251. The number of hydrogen-bond donors (Lipinski definition) is 1. The summed E-state index contributed by atoms with van der Waals surface area (Å²) >= 11 is 0. The summed E-state index contributed by atoms with van der Waals surface area (Å²) in [5.74, 6) is 1.83. The van der Waals surface area contributed by atoms with Crippen LogP contribution in [0, 0.1) is 19.8 Å². The van der Waals surface area contributed by atoms with Crippen LogP contribution in [0.2, 0.25) is 0 Å². The molecule has 94 valence electrons. The molecule has 0 amide bonds. The predicted molar refractivity (Wildman–Crippen MR) is 71.6 cm³/mol. The Hall–Kier alpha value is -1.02. The lowest BCUT2D eigenvalue weighted by Crippen LogP contribution is -2.36. The summed E-state index contributed by atoms with van der Waals surface area (Å²) < 4.78 is 5.90. The van der Waals surface area contributed by atoms with E-state index in [1.165, 1.54) is 24.0 Å². The number of benzene rings is 1. The van der Waals surface area contributed by atoms with Crippen LogP contribution < -0.4 is 10.1 Å². The zero-order chi connectivity index (χ0) is 12.3. The Bertz CT molecular complexity index is 371. The van der Waals surface area contributed by atoms with E-state index in [4.69, 9.17) is 4.74 Å². The number of likely N-dealkylation sites (N-methyl/N-ethyl adjacent to an activating group) is 1. The van der Waals surface area contributed by atoms with E-state index >= 15 is 0 Å². The third kappa shape index (κ3) is 3.47. The van der Waals surface area contributed by atoms with E-state index in [2.05, 4.69) is 44.3 Å². The molecule has 1 unspecified atom stereocenters. The van der Waals surface area contributed by atoms with Crippen LogP contribution in [0.3, 0.4) is 0 Å². The smallest absolute Gasteiger partial charge is 0.119 e. The highest BCUT2D eigenvalue weighted by atomic mass is 16.5. The van der Waals surface area contributed by atoms with Gasteiger partial charge in [0.05, 0.1) is 0 Å². The topological polar surface area (TPSA) is 21.3 Å². The molecule has 1 saturated carbocycles. The van der Waals surface area contributed by atoms with Gasteiger partial charge in [-0.05, 0) is 62.4 Å². The van der Waals surface area contributed by atoms with Gasteiger partial charge in [0.2, 0.25) is 0 Å². The van der Waals surface area contributed by atoms with E-state index in [1.807, 2.05) is 0 Å². The first-order chi connectivity index (χ1) is 8.20. The Kier molecular flexibility index (Phi) is 4.06. The third-order valence-electron chi connectivity index (χ3n) is 3.57. The van der Waals surface area contributed by atoms with Gasteiger partial charge in [-0.3, -0.25) is 0 Å². The van der Waals surface area contributed by atoms with Gasteiger partial charge in [0.1, 0.15) is 12.4 Å². The molecule has 2 heteroatoms. The van der Waals surface area contributed by atoms with Gasteiger partial charge in [-0.1, -0.05) is 13.0 Å². The van der Waals surface area contributed by atoms with Crippen molar-refractivity contribution in [2.75, 3.05) is 13.2 Å². The van der Waals surface area contributed by atoms with Crippen LogP contribution in [0.1, 0.15) is 30.9 Å². The largest absolute Gasteiger partial charge is 0.492 e. The van der Waals surface area contributed by atoms with E-state index < -0.39 is 0 Å². The number of hydrogen-bond acceptors (Lipinski definition) is 2. The Balaban J connectivity index is 1.89. The summed E-state index contributed by atoms with van der Waals surface area (Å²) in [4.78, 5) is 0. The van der Waals surface area contributed by atoms with E-state index in [9.17, 15) is 0 Å². The summed E-state index contributed by atoms with van der Waals surface area (Å²) in [7, 11) is 0. The third-order valence-corrected chi connectivity index (χ3v) is 3.57.